The number of carbonyl (C=O) groups is 1. The standard InChI is InChI=1S/C10H20NO2.ClH/c1-5-7-11(3,4)8-9-13-10(12)6-2;/h6H,2,5,7-9H2,1,3-4H3;1H/q+1;/p-1. The lowest BCUT2D eigenvalue weighted by Crippen LogP contribution is -3.00. The summed E-state index contributed by atoms with van der Waals surface area (Å²) in [5, 5.41) is 0. The topological polar surface area (TPSA) is 26.3 Å². The zero-order valence-corrected chi connectivity index (χ0v) is 10.0. The number of hydrogen-bond acceptors (Lipinski definition) is 2. The van der Waals surface area contributed by atoms with Crippen molar-refractivity contribution in [2.45, 2.75) is 13.3 Å². The lowest BCUT2D eigenvalue weighted by atomic mass is 10.4. The maximum Gasteiger partial charge on any atom is 0.330 e. The van der Waals surface area contributed by atoms with Gasteiger partial charge in [-0.25, -0.2) is 4.79 Å². The van der Waals surface area contributed by atoms with E-state index in [4.69, 9.17) is 4.74 Å². The van der Waals surface area contributed by atoms with Crippen LogP contribution < -0.4 is 12.4 Å². The van der Waals surface area contributed by atoms with Crippen LogP contribution in [0.2, 0.25) is 0 Å². The van der Waals surface area contributed by atoms with Crippen LogP contribution >= 0.6 is 0 Å². The summed E-state index contributed by atoms with van der Waals surface area (Å²) in [5.74, 6) is -0.337. The van der Waals surface area contributed by atoms with Gasteiger partial charge in [-0.15, -0.1) is 0 Å². The fourth-order valence-corrected chi connectivity index (χ4v) is 1.17. The van der Waals surface area contributed by atoms with E-state index in [0.29, 0.717) is 6.61 Å². The first kappa shape index (κ1) is 15.9. The van der Waals surface area contributed by atoms with Crippen molar-refractivity contribution < 1.29 is 26.4 Å². The van der Waals surface area contributed by atoms with Crippen molar-refractivity contribution in [3.63, 3.8) is 0 Å². The van der Waals surface area contributed by atoms with E-state index in [1.54, 1.807) is 0 Å². The molecular weight excluding hydrogens is 202 g/mol. The van der Waals surface area contributed by atoms with Gasteiger partial charge in [0, 0.05) is 6.08 Å². The van der Waals surface area contributed by atoms with E-state index in [9.17, 15) is 4.79 Å². The number of nitrogens with zero attached hydrogens (tertiary/aromatic N) is 1. The number of carbonyl (C=O) groups excluding carboxylic acids is 1. The summed E-state index contributed by atoms with van der Waals surface area (Å²) in [4.78, 5) is 10.7. The van der Waals surface area contributed by atoms with Gasteiger partial charge in [0.05, 0.1) is 20.6 Å². The van der Waals surface area contributed by atoms with Crippen molar-refractivity contribution in [1.82, 2.24) is 0 Å². The Morgan fingerprint density at radius 1 is 1.43 bits per heavy atom. The molecule has 0 spiro atoms. The predicted molar refractivity (Wildman–Crippen MR) is 53.3 cm³/mol. The van der Waals surface area contributed by atoms with Crippen molar-refractivity contribution in [2.24, 2.45) is 0 Å². The third-order valence-electron chi connectivity index (χ3n) is 1.94. The smallest absolute Gasteiger partial charge is 0.330 e. The summed E-state index contributed by atoms with van der Waals surface area (Å²) >= 11 is 0. The first-order chi connectivity index (χ1) is 6.02. The third-order valence-corrected chi connectivity index (χ3v) is 1.94. The highest BCUT2D eigenvalue weighted by Crippen LogP contribution is 1.98. The van der Waals surface area contributed by atoms with E-state index < -0.39 is 0 Å². The molecule has 0 unspecified atom stereocenters. The fourth-order valence-electron chi connectivity index (χ4n) is 1.17. The molecule has 0 aromatic rings. The Morgan fingerprint density at radius 3 is 2.43 bits per heavy atom. The zero-order chi connectivity index (χ0) is 10.3. The van der Waals surface area contributed by atoms with E-state index in [0.717, 1.165) is 24.0 Å². The molecule has 84 valence electrons. The molecule has 0 aliphatic rings. The highest BCUT2D eigenvalue weighted by molar-refractivity contribution is 5.81. The average molecular weight is 222 g/mol. The fraction of sp³-hybridized carbons (Fsp3) is 0.700. The van der Waals surface area contributed by atoms with E-state index in [1.165, 1.54) is 6.08 Å². The maximum absolute atomic E-state index is 10.7. The summed E-state index contributed by atoms with van der Waals surface area (Å²) in [7, 11) is 4.26. The minimum atomic E-state index is -0.337. The van der Waals surface area contributed by atoms with Gasteiger partial charge in [-0.2, -0.15) is 0 Å². The van der Waals surface area contributed by atoms with Crippen LogP contribution in [0.1, 0.15) is 13.3 Å². The molecule has 0 rings (SSSR count). The second-order valence-electron chi connectivity index (χ2n) is 3.75. The predicted octanol–water partition coefficient (Wildman–Crippen LogP) is -1.79. The van der Waals surface area contributed by atoms with Gasteiger partial charge in [-0.05, 0) is 6.42 Å². The number of rotatable bonds is 6. The molecule has 0 fully saturated rings. The first-order valence-electron chi connectivity index (χ1n) is 4.63. The van der Waals surface area contributed by atoms with Gasteiger partial charge in [-0.3, -0.25) is 0 Å². The van der Waals surface area contributed by atoms with Crippen LogP contribution in [0.5, 0.6) is 0 Å². The van der Waals surface area contributed by atoms with Crippen LogP contribution in [0.4, 0.5) is 0 Å². The first-order valence-corrected chi connectivity index (χ1v) is 4.63. The summed E-state index contributed by atoms with van der Waals surface area (Å²) in [6.45, 7) is 7.91. The Kier molecular flexibility index (Phi) is 8.89. The normalized spacial score (nSPS) is 10.2. The summed E-state index contributed by atoms with van der Waals surface area (Å²) in [6, 6.07) is 0. The molecule has 0 bridgehead atoms. The Bertz CT molecular complexity index is 181. The van der Waals surface area contributed by atoms with Crippen molar-refractivity contribution in [2.75, 3.05) is 33.8 Å². The maximum atomic E-state index is 10.7. The monoisotopic (exact) mass is 221 g/mol. The Hall–Kier alpha value is -0.540. The molecule has 0 saturated heterocycles. The van der Waals surface area contributed by atoms with Crippen LogP contribution in [0.15, 0.2) is 12.7 Å². The van der Waals surface area contributed by atoms with Crippen LogP contribution in [0.25, 0.3) is 0 Å². The largest absolute Gasteiger partial charge is 1.00 e. The van der Waals surface area contributed by atoms with Crippen LogP contribution in [0, 0.1) is 0 Å². The summed E-state index contributed by atoms with van der Waals surface area (Å²) < 4.78 is 5.79. The molecule has 14 heavy (non-hydrogen) atoms. The SMILES string of the molecule is C=CC(=O)OCC[N+](C)(C)CCC.[Cl-]. The van der Waals surface area contributed by atoms with Gasteiger partial charge in [-0.1, -0.05) is 13.5 Å². The van der Waals surface area contributed by atoms with Gasteiger partial charge in [0.1, 0.15) is 13.2 Å². The Labute approximate surface area is 92.7 Å². The van der Waals surface area contributed by atoms with Crippen LogP contribution in [-0.4, -0.2) is 44.2 Å². The molecule has 0 saturated carbocycles. The minimum Gasteiger partial charge on any atom is -1.00 e. The van der Waals surface area contributed by atoms with E-state index in [1.807, 2.05) is 0 Å². The summed E-state index contributed by atoms with van der Waals surface area (Å²) in [6.07, 6.45) is 2.34. The number of likely N-dealkylation sites (N-methyl/N-ethyl adjacent to an activating group) is 1. The second-order valence-corrected chi connectivity index (χ2v) is 3.75. The number of esters is 1. The van der Waals surface area contributed by atoms with E-state index in [2.05, 4.69) is 27.6 Å². The molecular formula is C10H20ClNO2. The molecule has 4 heteroatoms. The van der Waals surface area contributed by atoms with Gasteiger partial charge < -0.3 is 21.6 Å². The zero-order valence-electron chi connectivity index (χ0n) is 9.25. The van der Waals surface area contributed by atoms with Crippen molar-refractivity contribution in [3.05, 3.63) is 12.7 Å². The van der Waals surface area contributed by atoms with Gasteiger partial charge in [0.15, 0.2) is 0 Å². The second kappa shape index (κ2) is 7.83. The number of halogens is 1. The molecule has 0 atom stereocenters. The minimum absolute atomic E-state index is 0. The van der Waals surface area contributed by atoms with E-state index in [-0.39, 0.29) is 18.4 Å². The molecule has 0 aliphatic heterocycles. The Balaban J connectivity index is 0. The molecule has 3 nitrogen and oxygen atoms in total. The lowest BCUT2D eigenvalue weighted by molar-refractivity contribution is -0.890. The van der Waals surface area contributed by atoms with Crippen molar-refractivity contribution >= 4 is 5.97 Å². The van der Waals surface area contributed by atoms with Gasteiger partial charge in [0.25, 0.3) is 0 Å². The van der Waals surface area contributed by atoms with Crippen molar-refractivity contribution in [3.8, 4) is 0 Å². The summed E-state index contributed by atoms with van der Waals surface area (Å²) in [5.41, 5.74) is 0. The molecule has 0 aromatic carbocycles. The molecule has 0 heterocycles. The molecule has 0 radical (unpaired) electrons. The van der Waals surface area contributed by atoms with E-state index >= 15 is 0 Å². The number of quaternary nitrogens is 1. The van der Waals surface area contributed by atoms with Gasteiger partial charge >= 0.3 is 5.97 Å². The average Bonchev–Trinajstić information content (AvgIpc) is 2.03. The van der Waals surface area contributed by atoms with Crippen molar-refractivity contribution in [1.29, 1.82) is 0 Å². The molecule has 0 N–H and O–H groups in total. The highest BCUT2D eigenvalue weighted by atomic mass is 35.5. The number of ether oxygens (including phenoxy) is 1. The number of hydrogen-bond donors (Lipinski definition) is 0. The Morgan fingerprint density at radius 2 is 2.00 bits per heavy atom. The molecule has 0 amide bonds. The third kappa shape index (κ3) is 8.08. The highest BCUT2D eigenvalue weighted by Gasteiger charge is 2.13. The van der Waals surface area contributed by atoms with Gasteiger partial charge in [0.2, 0.25) is 0 Å². The lowest BCUT2D eigenvalue weighted by Gasteiger charge is -2.28. The molecule has 0 aliphatic carbocycles. The molecule has 0 aromatic heterocycles. The van der Waals surface area contributed by atoms with Crippen LogP contribution in [0.3, 0.4) is 0 Å². The van der Waals surface area contributed by atoms with Crippen LogP contribution in [-0.2, 0) is 9.53 Å². The quantitative estimate of drug-likeness (QED) is 0.301.